The molecule has 0 unspecified atom stereocenters. The van der Waals surface area contributed by atoms with Crippen molar-refractivity contribution < 1.29 is 9.53 Å². The highest BCUT2D eigenvalue weighted by Gasteiger charge is 2.11. The van der Waals surface area contributed by atoms with Crippen molar-refractivity contribution in [2.45, 2.75) is 6.92 Å². The van der Waals surface area contributed by atoms with Crippen molar-refractivity contribution in [2.24, 2.45) is 0 Å². The molecule has 0 aliphatic carbocycles. The fraction of sp³-hybridized carbons (Fsp3) is 0.143. The van der Waals surface area contributed by atoms with Gasteiger partial charge in [0.15, 0.2) is 6.29 Å². The van der Waals surface area contributed by atoms with Crippen LogP contribution >= 0.6 is 0 Å². The van der Waals surface area contributed by atoms with E-state index < -0.39 is 0 Å². The Kier molecular flexibility index (Phi) is 2.30. The number of aryl methyl sites for hydroxylation is 1. The number of carbonyl (C=O) groups excluding carboxylic acids is 1. The molecular formula is C14H12N2O2. The third-order valence-corrected chi connectivity index (χ3v) is 3.16. The molecule has 0 aliphatic heterocycles. The summed E-state index contributed by atoms with van der Waals surface area (Å²) in [4.78, 5) is 15.5. The van der Waals surface area contributed by atoms with Gasteiger partial charge in [-0.3, -0.25) is 9.20 Å². The third kappa shape index (κ3) is 1.32. The lowest BCUT2D eigenvalue weighted by Gasteiger charge is -2.06. The summed E-state index contributed by atoms with van der Waals surface area (Å²) in [6, 6.07) is 7.75. The van der Waals surface area contributed by atoms with Crippen LogP contribution in [-0.2, 0) is 0 Å². The van der Waals surface area contributed by atoms with Gasteiger partial charge in [-0.05, 0) is 19.1 Å². The van der Waals surface area contributed by atoms with Gasteiger partial charge in [0, 0.05) is 17.0 Å². The number of aldehydes is 1. The molecule has 0 aliphatic rings. The Morgan fingerprint density at radius 3 is 2.83 bits per heavy atom. The summed E-state index contributed by atoms with van der Waals surface area (Å²) < 4.78 is 7.14. The fourth-order valence-electron chi connectivity index (χ4n) is 2.28. The van der Waals surface area contributed by atoms with E-state index in [1.54, 1.807) is 7.11 Å². The molecule has 0 atom stereocenters. The maximum absolute atomic E-state index is 11.1. The SMILES string of the molecule is COc1cccc2c1ccn1c(C=O)c(C)nc21. The van der Waals surface area contributed by atoms with Gasteiger partial charge in [-0.15, -0.1) is 0 Å². The van der Waals surface area contributed by atoms with E-state index in [1.165, 1.54) is 0 Å². The standard InChI is InChI=1S/C14H12N2O2/c1-9-12(8-17)16-7-6-10-11(14(16)15-9)4-3-5-13(10)18-2/h3-8H,1-2H3. The Bertz CT molecular complexity index is 759. The Balaban J connectivity index is 2.51. The monoisotopic (exact) mass is 240 g/mol. The van der Waals surface area contributed by atoms with Crippen molar-refractivity contribution in [1.82, 2.24) is 9.38 Å². The van der Waals surface area contributed by atoms with Crippen LogP contribution in [0.3, 0.4) is 0 Å². The van der Waals surface area contributed by atoms with E-state index in [0.717, 1.165) is 34.1 Å². The van der Waals surface area contributed by atoms with Gasteiger partial charge in [-0.1, -0.05) is 12.1 Å². The molecule has 1 aromatic carbocycles. The summed E-state index contributed by atoms with van der Waals surface area (Å²) in [5.41, 5.74) is 2.11. The number of benzene rings is 1. The van der Waals surface area contributed by atoms with Crippen molar-refractivity contribution in [3.05, 3.63) is 41.9 Å². The first-order valence-corrected chi connectivity index (χ1v) is 5.66. The zero-order valence-electron chi connectivity index (χ0n) is 10.2. The van der Waals surface area contributed by atoms with E-state index in [1.807, 2.05) is 41.8 Å². The van der Waals surface area contributed by atoms with Crippen molar-refractivity contribution in [1.29, 1.82) is 0 Å². The summed E-state index contributed by atoms with van der Waals surface area (Å²) in [7, 11) is 1.65. The predicted molar refractivity (Wildman–Crippen MR) is 69.4 cm³/mol. The highest BCUT2D eigenvalue weighted by atomic mass is 16.5. The minimum Gasteiger partial charge on any atom is -0.496 e. The van der Waals surface area contributed by atoms with Crippen LogP contribution in [0, 0.1) is 6.92 Å². The van der Waals surface area contributed by atoms with Crippen LogP contribution in [0.4, 0.5) is 0 Å². The molecule has 0 N–H and O–H groups in total. The average Bonchev–Trinajstić information content (AvgIpc) is 2.73. The van der Waals surface area contributed by atoms with Crippen LogP contribution in [0.25, 0.3) is 16.4 Å². The lowest BCUT2D eigenvalue weighted by molar-refractivity contribution is 0.111. The van der Waals surface area contributed by atoms with Crippen LogP contribution < -0.4 is 4.74 Å². The second-order valence-electron chi connectivity index (χ2n) is 4.13. The summed E-state index contributed by atoms with van der Waals surface area (Å²) in [5.74, 6) is 0.809. The summed E-state index contributed by atoms with van der Waals surface area (Å²) in [5, 5.41) is 1.97. The van der Waals surface area contributed by atoms with Crippen LogP contribution in [0.15, 0.2) is 30.5 Å². The highest BCUT2D eigenvalue weighted by molar-refractivity contribution is 5.98. The predicted octanol–water partition coefficient (Wildman–Crippen LogP) is 2.62. The largest absolute Gasteiger partial charge is 0.496 e. The molecule has 4 heteroatoms. The number of hydrogen-bond acceptors (Lipinski definition) is 3. The maximum atomic E-state index is 11.1. The first kappa shape index (κ1) is 10.8. The minimum atomic E-state index is 0.592. The van der Waals surface area contributed by atoms with Crippen LogP contribution in [0.2, 0.25) is 0 Å². The van der Waals surface area contributed by atoms with E-state index in [2.05, 4.69) is 4.98 Å². The number of pyridine rings is 1. The number of aromatic nitrogens is 2. The molecular weight excluding hydrogens is 228 g/mol. The molecule has 0 spiro atoms. The minimum absolute atomic E-state index is 0.592. The van der Waals surface area contributed by atoms with Crippen molar-refractivity contribution in [2.75, 3.05) is 7.11 Å². The molecule has 2 aromatic heterocycles. The van der Waals surface area contributed by atoms with E-state index in [9.17, 15) is 4.79 Å². The van der Waals surface area contributed by atoms with Gasteiger partial charge in [-0.25, -0.2) is 4.98 Å². The third-order valence-electron chi connectivity index (χ3n) is 3.16. The zero-order chi connectivity index (χ0) is 12.7. The Hall–Kier alpha value is -2.36. The van der Waals surface area contributed by atoms with Gasteiger partial charge in [0.05, 0.1) is 12.8 Å². The van der Waals surface area contributed by atoms with Crippen molar-refractivity contribution in [3.63, 3.8) is 0 Å². The molecule has 0 amide bonds. The smallest absolute Gasteiger partial charge is 0.168 e. The maximum Gasteiger partial charge on any atom is 0.168 e. The molecule has 3 aromatic rings. The average molecular weight is 240 g/mol. The zero-order valence-corrected chi connectivity index (χ0v) is 10.2. The summed E-state index contributed by atoms with van der Waals surface area (Å²) in [6.45, 7) is 1.84. The number of carbonyl (C=O) groups is 1. The van der Waals surface area contributed by atoms with E-state index >= 15 is 0 Å². The summed E-state index contributed by atoms with van der Waals surface area (Å²) >= 11 is 0. The van der Waals surface area contributed by atoms with Gasteiger partial charge in [0.25, 0.3) is 0 Å². The van der Waals surface area contributed by atoms with Gasteiger partial charge < -0.3 is 4.74 Å². The second kappa shape index (κ2) is 3.84. The lowest BCUT2D eigenvalue weighted by atomic mass is 10.1. The fourth-order valence-corrected chi connectivity index (χ4v) is 2.28. The van der Waals surface area contributed by atoms with Gasteiger partial charge in [0.2, 0.25) is 0 Å². The van der Waals surface area contributed by atoms with Crippen LogP contribution in [0.5, 0.6) is 5.75 Å². The van der Waals surface area contributed by atoms with Gasteiger partial charge in [0.1, 0.15) is 17.1 Å². The second-order valence-corrected chi connectivity index (χ2v) is 4.13. The molecule has 0 fully saturated rings. The van der Waals surface area contributed by atoms with Crippen molar-refractivity contribution >= 4 is 22.7 Å². The molecule has 0 bridgehead atoms. The first-order chi connectivity index (χ1) is 8.76. The molecule has 0 saturated heterocycles. The van der Waals surface area contributed by atoms with Gasteiger partial charge >= 0.3 is 0 Å². The first-order valence-electron chi connectivity index (χ1n) is 5.66. The quantitative estimate of drug-likeness (QED) is 0.647. The van der Waals surface area contributed by atoms with Crippen molar-refractivity contribution in [3.8, 4) is 5.75 Å². The molecule has 90 valence electrons. The number of hydrogen-bond donors (Lipinski definition) is 0. The normalized spacial score (nSPS) is 11.0. The number of imidazole rings is 1. The molecule has 2 heterocycles. The molecule has 18 heavy (non-hydrogen) atoms. The van der Waals surface area contributed by atoms with E-state index in [-0.39, 0.29) is 0 Å². The molecule has 4 nitrogen and oxygen atoms in total. The number of rotatable bonds is 2. The van der Waals surface area contributed by atoms with Gasteiger partial charge in [-0.2, -0.15) is 0 Å². The Labute approximate surface area is 104 Å². The molecule has 3 rings (SSSR count). The number of methoxy groups -OCH3 is 1. The molecule has 0 saturated carbocycles. The topological polar surface area (TPSA) is 43.6 Å². The Morgan fingerprint density at radius 2 is 2.11 bits per heavy atom. The summed E-state index contributed by atoms with van der Waals surface area (Å²) in [6.07, 6.45) is 2.69. The van der Waals surface area contributed by atoms with E-state index in [4.69, 9.17) is 4.74 Å². The highest BCUT2D eigenvalue weighted by Crippen LogP contribution is 2.28. The van der Waals surface area contributed by atoms with Crippen LogP contribution in [0.1, 0.15) is 16.2 Å². The number of fused-ring (bicyclic) bond motifs is 3. The van der Waals surface area contributed by atoms with E-state index in [0.29, 0.717) is 5.69 Å². The number of ether oxygens (including phenoxy) is 1. The van der Waals surface area contributed by atoms with Crippen LogP contribution in [-0.4, -0.2) is 22.8 Å². The number of nitrogens with zero attached hydrogens (tertiary/aromatic N) is 2. The Morgan fingerprint density at radius 1 is 1.28 bits per heavy atom. The molecule has 0 radical (unpaired) electrons. The lowest BCUT2D eigenvalue weighted by Crippen LogP contribution is -1.93.